The van der Waals surface area contributed by atoms with Crippen molar-refractivity contribution in [3.63, 3.8) is 0 Å². The molecule has 0 saturated heterocycles. The number of fused-ring (bicyclic) bond motifs is 1. The Morgan fingerprint density at radius 3 is 2.79 bits per heavy atom. The third kappa shape index (κ3) is 4.49. The molecule has 0 spiro atoms. The number of carbonyl (C=O) groups excluding carboxylic acids is 1. The summed E-state index contributed by atoms with van der Waals surface area (Å²) >= 11 is 0. The number of amides is 1. The van der Waals surface area contributed by atoms with Crippen molar-refractivity contribution < 1.29 is 24.5 Å². The molecule has 28 heavy (non-hydrogen) atoms. The molecule has 0 aliphatic carbocycles. The fraction of sp³-hybridized carbons (Fsp3) is 0.421. The lowest BCUT2D eigenvalue weighted by Gasteiger charge is -2.30. The number of aliphatic hydroxyl groups is 2. The highest BCUT2D eigenvalue weighted by atomic mass is 16.5. The molecule has 150 valence electrons. The van der Waals surface area contributed by atoms with Crippen molar-refractivity contribution in [1.29, 1.82) is 0 Å². The van der Waals surface area contributed by atoms with E-state index >= 15 is 0 Å². The highest BCUT2D eigenvalue weighted by Crippen LogP contribution is 2.37. The quantitative estimate of drug-likeness (QED) is 0.668. The number of aryl methyl sites for hydroxylation is 1. The van der Waals surface area contributed by atoms with Crippen LogP contribution in [0.2, 0.25) is 0 Å². The predicted octanol–water partition coefficient (Wildman–Crippen LogP) is 0.379. The highest BCUT2D eigenvalue weighted by Gasteiger charge is 2.32. The van der Waals surface area contributed by atoms with Crippen LogP contribution in [0, 0.1) is 6.92 Å². The van der Waals surface area contributed by atoms with Gasteiger partial charge in [0.1, 0.15) is 12.4 Å². The van der Waals surface area contributed by atoms with Gasteiger partial charge in [0, 0.05) is 12.7 Å². The first-order valence-electron chi connectivity index (χ1n) is 8.99. The summed E-state index contributed by atoms with van der Waals surface area (Å²) in [5, 5.41) is 18.8. The Hall–Kier alpha value is -2.91. The van der Waals surface area contributed by atoms with Gasteiger partial charge in [-0.3, -0.25) is 9.69 Å². The van der Waals surface area contributed by atoms with E-state index in [2.05, 4.69) is 14.9 Å². The average molecular weight is 388 g/mol. The number of nitrogens with zero attached hydrogens (tertiary/aromatic N) is 4. The first-order chi connectivity index (χ1) is 13.5. The Kier molecular flexibility index (Phi) is 6.27. The fourth-order valence-corrected chi connectivity index (χ4v) is 2.81. The molecule has 1 aliphatic heterocycles. The summed E-state index contributed by atoms with van der Waals surface area (Å²) in [7, 11) is 1.96. The van der Waals surface area contributed by atoms with E-state index in [1.165, 1.54) is 4.90 Å². The van der Waals surface area contributed by atoms with Gasteiger partial charge < -0.3 is 24.6 Å². The molecular weight excluding hydrogens is 364 g/mol. The van der Waals surface area contributed by atoms with Crippen molar-refractivity contribution in [2.24, 2.45) is 0 Å². The molecule has 2 N–H and O–H groups in total. The highest BCUT2D eigenvalue weighted by molar-refractivity contribution is 5.97. The maximum Gasteiger partial charge on any atom is 0.266 e. The lowest BCUT2D eigenvalue weighted by Crippen LogP contribution is -2.44. The summed E-state index contributed by atoms with van der Waals surface area (Å²) in [6.07, 6.45) is -1.07. The molecule has 2 aromatic rings. The molecule has 3 rings (SSSR count). The Labute approximate surface area is 163 Å². The summed E-state index contributed by atoms with van der Waals surface area (Å²) < 4.78 is 11.3. The molecule has 0 saturated carbocycles. The topological polar surface area (TPSA) is 108 Å². The second-order valence-electron chi connectivity index (χ2n) is 6.46. The second kappa shape index (κ2) is 8.85. The van der Waals surface area contributed by atoms with Crippen LogP contribution in [0.5, 0.6) is 11.6 Å². The SMILES string of the molecule is Cc1nc(OCCN(C)c2ccccc2)c2c(n1)N(CC(O)CO)C(=O)CO2. The van der Waals surface area contributed by atoms with Gasteiger partial charge in [0.2, 0.25) is 5.75 Å². The van der Waals surface area contributed by atoms with Crippen molar-refractivity contribution >= 4 is 17.4 Å². The summed E-state index contributed by atoms with van der Waals surface area (Å²) in [5.41, 5.74) is 1.07. The van der Waals surface area contributed by atoms with Crippen LogP contribution in [0.3, 0.4) is 0 Å². The average Bonchev–Trinajstić information content (AvgIpc) is 2.70. The molecule has 1 aromatic heterocycles. The van der Waals surface area contributed by atoms with Crippen molar-refractivity contribution in [1.82, 2.24) is 9.97 Å². The number of likely N-dealkylation sites (N-methyl/N-ethyl adjacent to an activating group) is 1. The van der Waals surface area contributed by atoms with Gasteiger partial charge in [-0.15, -0.1) is 0 Å². The maximum absolute atomic E-state index is 12.2. The molecule has 1 unspecified atom stereocenters. The zero-order chi connectivity index (χ0) is 20.1. The van der Waals surface area contributed by atoms with E-state index in [-0.39, 0.29) is 36.5 Å². The largest absolute Gasteiger partial charge is 0.475 e. The van der Waals surface area contributed by atoms with Crippen molar-refractivity contribution in [2.75, 3.05) is 49.8 Å². The van der Waals surface area contributed by atoms with Gasteiger partial charge in [-0.1, -0.05) is 18.2 Å². The van der Waals surface area contributed by atoms with E-state index in [1.54, 1.807) is 6.92 Å². The number of rotatable bonds is 8. The van der Waals surface area contributed by atoms with E-state index < -0.39 is 12.7 Å². The lowest BCUT2D eigenvalue weighted by molar-refractivity contribution is -0.121. The third-order valence-electron chi connectivity index (χ3n) is 4.29. The first-order valence-corrected chi connectivity index (χ1v) is 8.99. The van der Waals surface area contributed by atoms with Gasteiger partial charge in [-0.05, 0) is 19.1 Å². The summed E-state index contributed by atoms with van der Waals surface area (Å²) in [4.78, 5) is 24.1. The minimum atomic E-state index is -1.07. The van der Waals surface area contributed by atoms with E-state index in [0.717, 1.165) is 5.69 Å². The Morgan fingerprint density at radius 1 is 1.32 bits per heavy atom. The van der Waals surface area contributed by atoms with Crippen LogP contribution in [0.4, 0.5) is 11.5 Å². The maximum atomic E-state index is 12.2. The van der Waals surface area contributed by atoms with E-state index in [4.69, 9.17) is 14.6 Å². The molecular formula is C19H24N4O5. The number of benzene rings is 1. The normalized spacial score (nSPS) is 14.3. The first kappa shape index (κ1) is 19.8. The zero-order valence-electron chi connectivity index (χ0n) is 15.9. The predicted molar refractivity (Wildman–Crippen MR) is 103 cm³/mol. The van der Waals surface area contributed by atoms with Crippen LogP contribution >= 0.6 is 0 Å². The number of anilines is 2. The van der Waals surface area contributed by atoms with Crippen molar-refractivity contribution in [3.05, 3.63) is 36.2 Å². The van der Waals surface area contributed by atoms with Crippen LogP contribution in [0.25, 0.3) is 0 Å². The van der Waals surface area contributed by atoms with Crippen LogP contribution < -0.4 is 19.3 Å². The van der Waals surface area contributed by atoms with Crippen LogP contribution in [0.15, 0.2) is 30.3 Å². The van der Waals surface area contributed by atoms with Gasteiger partial charge in [0.15, 0.2) is 12.4 Å². The summed E-state index contributed by atoms with van der Waals surface area (Å²) in [5.74, 6) is 0.806. The lowest BCUT2D eigenvalue weighted by atomic mass is 10.3. The Balaban J connectivity index is 1.74. The fourth-order valence-electron chi connectivity index (χ4n) is 2.81. The van der Waals surface area contributed by atoms with E-state index in [1.807, 2.05) is 37.4 Å². The molecule has 1 amide bonds. The molecule has 0 bridgehead atoms. The van der Waals surface area contributed by atoms with Crippen LogP contribution in [0.1, 0.15) is 5.82 Å². The summed E-state index contributed by atoms with van der Waals surface area (Å²) in [6, 6.07) is 9.92. The zero-order valence-corrected chi connectivity index (χ0v) is 15.9. The molecule has 0 fully saturated rings. The molecule has 0 radical (unpaired) electrons. The van der Waals surface area contributed by atoms with Gasteiger partial charge in [-0.2, -0.15) is 4.98 Å². The molecule has 2 heterocycles. The van der Waals surface area contributed by atoms with Gasteiger partial charge in [0.25, 0.3) is 11.8 Å². The van der Waals surface area contributed by atoms with Gasteiger partial charge >= 0.3 is 0 Å². The number of aliphatic hydroxyl groups excluding tert-OH is 2. The Bertz CT molecular complexity index is 817. The second-order valence-corrected chi connectivity index (χ2v) is 6.46. The van der Waals surface area contributed by atoms with Crippen molar-refractivity contribution in [2.45, 2.75) is 13.0 Å². The van der Waals surface area contributed by atoms with Crippen molar-refractivity contribution in [3.8, 4) is 11.6 Å². The molecule has 1 aromatic carbocycles. The van der Waals surface area contributed by atoms with Crippen LogP contribution in [-0.4, -0.2) is 72.1 Å². The molecule has 9 heteroatoms. The van der Waals surface area contributed by atoms with E-state index in [0.29, 0.717) is 19.0 Å². The number of ether oxygens (including phenoxy) is 2. The van der Waals surface area contributed by atoms with Gasteiger partial charge in [-0.25, -0.2) is 4.98 Å². The molecule has 9 nitrogen and oxygen atoms in total. The number of hydrogen-bond donors (Lipinski definition) is 2. The smallest absolute Gasteiger partial charge is 0.266 e. The Morgan fingerprint density at radius 2 is 2.07 bits per heavy atom. The number of carbonyl (C=O) groups is 1. The number of hydrogen-bond acceptors (Lipinski definition) is 8. The number of para-hydroxylation sites is 1. The molecule has 1 aliphatic rings. The minimum Gasteiger partial charge on any atom is -0.475 e. The standard InChI is InChI=1S/C19H24N4O5/c1-13-20-18-17(28-12-16(26)23(18)10-15(25)11-24)19(21-13)27-9-8-22(2)14-6-4-3-5-7-14/h3-7,15,24-25H,8-12H2,1-2H3. The summed E-state index contributed by atoms with van der Waals surface area (Å²) in [6.45, 7) is 1.90. The third-order valence-corrected chi connectivity index (χ3v) is 4.29. The van der Waals surface area contributed by atoms with E-state index in [9.17, 15) is 9.90 Å². The molecule has 1 atom stereocenters. The van der Waals surface area contributed by atoms with Crippen LogP contribution in [-0.2, 0) is 4.79 Å². The number of β-amino-alcohol motifs (C(OH)–C–C–N with tert-alkyl or cyclic N) is 1. The minimum absolute atomic E-state index is 0.0850. The van der Waals surface area contributed by atoms with Gasteiger partial charge in [0.05, 0.1) is 25.8 Å². The number of aromatic nitrogens is 2. The monoisotopic (exact) mass is 388 g/mol.